The van der Waals surface area contributed by atoms with E-state index in [0.29, 0.717) is 5.75 Å². The molecule has 2 aromatic heterocycles. The van der Waals surface area contributed by atoms with E-state index in [9.17, 15) is 9.59 Å². The zero-order chi connectivity index (χ0) is 15.4. The quantitative estimate of drug-likeness (QED) is 0.919. The number of aromatic carboxylic acids is 1. The Morgan fingerprint density at radius 3 is 2.62 bits per heavy atom. The van der Waals surface area contributed by atoms with Crippen LogP contribution in [0.15, 0.2) is 36.8 Å². The Kier molecular flexibility index (Phi) is 4.13. The molecule has 0 atom stereocenters. The van der Waals surface area contributed by atoms with Gasteiger partial charge in [0, 0.05) is 32.6 Å². The Hall–Kier alpha value is -2.96. The van der Waals surface area contributed by atoms with Crippen LogP contribution in [0.2, 0.25) is 0 Å². The number of ether oxygens (including phenoxy) is 1. The van der Waals surface area contributed by atoms with Gasteiger partial charge in [0.1, 0.15) is 17.2 Å². The highest BCUT2D eigenvalue weighted by Gasteiger charge is 2.11. The largest absolute Gasteiger partial charge is 0.478 e. The number of pyridine rings is 2. The lowest BCUT2D eigenvalue weighted by Crippen LogP contribution is -2.22. The number of carbonyl (C=O) groups is 2. The standard InChI is InChI=1S/C14H13N3O4/c1-17(2)13(18)12-6-10(3-4-16-12)21-11-5-9(14(19)20)7-15-8-11/h3-8H,1-2H3,(H,19,20). The number of hydrogen-bond donors (Lipinski definition) is 1. The van der Waals surface area contributed by atoms with Gasteiger partial charge in [-0.15, -0.1) is 0 Å². The highest BCUT2D eigenvalue weighted by Crippen LogP contribution is 2.21. The number of rotatable bonds is 4. The molecule has 2 aromatic rings. The molecule has 0 saturated carbocycles. The second-order valence-electron chi connectivity index (χ2n) is 4.39. The molecular formula is C14H13N3O4. The number of amides is 1. The molecule has 0 bridgehead atoms. The van der Waals surface area contributed by atoms with E-state index in [-0.39, 0.29) is 22.9 Å². The number of hydrogen-bond acceptors (Lipinski definition) is 5. The van der Waals surface area contributed by atoms with E-state index in [1.807, 2.05) is 0 Å². The maximum Gasteiger partial charge on any atom is 0.337 e. The van der Waals surface area contributed by atoms with Gasteiger partial charge in [0.2, 0.25) is 0 Å². The van der Waals surface area contributed by atoms with Crippen molar-refractivity contribution in [2.24, 2.45) is 0 Å². The summed E-state index contributed by atoms with van der Waals surface area (Å²) in [5, 5.41) is 8.90. The molecule has 0 fully saturated rings. The monoisotopic (exact) mass is 287 g/mol. The van der Waals surface area contributed by atoms with Gasteiger partial charge in [-0.05, 0) is 12.1 Å². The summed E-state index contributed by atoms with van der Waals surface area (Å²) >= 11 is 0. The molecule has 0 aliphatic carbocycles. The first kappa shape index (κ1) is 14.4. The predicted molar refractivity (Wildman–Crippen MR) is 73.5 cm³/mol. The average Bonchev–Trinajstić information content (AvgIpc) is 2.47. The lowest BCUT2D eigenvalue weighted by molar-refractivity contribution is 0.0695. The van der Waals surface area contributed by atoms with Crippen molar-refractivity contribution < 1.29 is 19.4 Å². The molecule has 2 rings (SSSR count). The SMILES string of the molecule is CN(C)C(=O)c1cc(Oc2cncc(C(=O)O)c2)ccn1. The van der Waals surface area contributed by atoms with E-state index in [1.165, 1.54) is 35.6 Å². The molecule has 2 heterocycles. The third-order valence-corrected chi connectivity index (χ3v) is 2.55. The second-order valence-corrected chi connectivity index (χ2v) is 4.39. The Balaban J connectivity index is 2.24. The fourth-order valence-corrected chi connectivity index (χ4v) is 1.55. The minimum absolute atomic E-state index is 0.0196. The Morgan fingerprint density at radius 1 is 1.19 bits per heavy atom. The average molecular weight is 287 g/mol. The van der Waals surface area contributed by atoms with Crippen LogP contribution in [-0.4, -0.2) is 45.9 Å². The molecule has 1 amide bonds. The first-order valence-corrected chi connectivity index (χ1v) is 6.01. The predicted octanol–water partition coefficient (Wildman–Crippen LogP) is 1.67. The summed E-state index contributed by atoms with van der Waals surface area (Å²) in [6.07, 6.45) is 4.06. The van der Waals surface area contributed by atoms with Crippen molar-refractivity contribution in [3.05, 3.63) is 48.0 Å². The van der Waals surface area contributed by atoms with E-state index >= 15 is 0 Å². The van der Waals surface area contributed by atoms with Crippen molar-refractivity contribution in [3.8, 4) is 11.5 Å². The van der Waals surface area contributed by atoms with Crippen LogP contribution in [-0.2, 0) is 0 Å². The molecule has 21 heavy (non-hydrogen) atoms. The molecule has 0 aliphatic rings. The van der Waals surface area contributed by atoms with Crippen LogP contribution in [0.3, 0.4) is 0 Å². The normalized spacial score (nSPS) is 10.0. The molecule has 1 N–H and O–H groups in total. The van der Waals surface area contributed by atoms with E-state index in [4.69, 9.17) is 9.84 Å². The fraction of sp³-hybridized carbons (Fsp3) is 0.143. The van der Waals surface area contributed by atoms with Crippen molar-refractivity contribution in [1.29, 1.82) is 0 Å². The molecule has 0 saturated heterocycles. The van der Waals surface area contributed by atoms with Gasteiger partial charge >= 0.3 is 5.97 Å². The van der Waals surface area contributed by atoms with Crippen LogP contribution in [0, 0.1) is 0 Å². The van der Waals surface area contributed by atoms with Crippen molar-refractivity contribution in [3.63, 3.8) is 0 Å². The maximum absolute atomic E-state index is 11.8. The van der Waals surface area contributed by atoms with Crippen molar-refractivity contribution in [2.75, 3.05) is 14.1 Å². The smallest absolute Gasteiger partial charge is 0.337 e. The third kappa shape index (κ3) is 3.53. The van der Waals surface area contributed by atoms with Gasteiger partial charge in [0.05, 0.1) is 11.8 Å². The number of carbonyl (C=O) groups excluding carboxylic acids is 1. The molecule has 0 unspecified atom stereocenters. The third-order valence-electron chi connectivity index (χ3n) is 2.55. The first-order chi connectivity index (χ1) is 9.97. The van der Waals surface area contributed by atoms with Gasteiger partial charge in [-0.2, -0.15) is 0 Å². The number of carboxylic acid groups (broad SMARTS) is 1. The van der Waals surface area contributed by atoms with Crippen LogP contribution < -0.4 is 4.74 Å². The van der Waals surface area contributed by atoms with Crippen LogP contribution in [0.1, 0.15) is 20.8 Å². The van der Waals surface area contributed by atoms with Crippen molar-refractivity contribution in [2.45, 2.75) is 0 Å². The van der Waals surface area contributed by atoms with Crippen molar-refractivity contribution >= 4 is 11.9 Å². The number of aromatic nitrogens is 2. The van der Waals surface area contributed by atoms with E-state index in [0.717, 1.165) is 0 Å². The molecule has 7 heteroatoms. The Bertz CT molecular complexity index is 685. The van der Waals surface area contributed by atoms with E-state index < -0.39 is 5.97 Å². The van der Waals surface area contributed by atoms with Crippen molar-refractivity contribution in [1.82, 2.24) is 14.9 Å². The van der Waals surface area contributed by atoms with Gasteiger partial charge in [0.25, 0.3) is 5.91 Å². The van der Waals surface area contributed by atoms with Gasteiger partial charge in [-0.3, -0.25) is 14.8 Å². The maximum atomic E-state index is 11.8. The van der Waals surface area contributed by atoms with Crippen LogP contribution in [0.5, 0.6) is 11.5 Å². The zero-order valence-electron chi connectivity index (χ0n) is 11.5. The Labute approximate surface area is 120 Å². The summed E-state index contributed by atoms with van der Waals surface area (Å²) in [5.74, 6) is -0.701. The van der Waals surface area contributed by atoms with Crippen LogP contribution in [0.25, 0.3) is 0 Å². The van der Waals surface area contributed by atoms with Gasteiger partial charge in [-0.25, -0.2) is 4.79 Å². The lowest BCUT2D eigenvalue weighted by Gasteiger charge is -2.10. The van der Waals surface area contributed by atoms with Crippen LogP contribution in [0.4, 0.5) is 0 Å². The summed E-state index contributed by atoms with van der Waals surface area (Å²) in [5.41, 5.74) is 0.256. The molecule has 7 nitrogen and oxygen atoms in total. The summed E-state index contributed by atoms with van der Waals surface area (Å²) in [7, 11) is 3.25. The minimum atomic E-state index is -1.09. The van der Waals surface area contributed by atoms with Gasteiger partial charge in [-0.1, -0.05) is 0 Å². The summed E-state index contributed by atoms with van der Waals surface area (Å²) in [4.78, 5) is 31.8. The minimum Gasteiger partial charge on any atom is -0.478 e. The molecule has 0 aliphatic heterocycles. The van der Waals surface area contributed by atoms with E-state index in [1.54, 1.807) is 20.2 Å². The number of carboxylic acids is 1. The Morgan fingerprint density at radius 2 is 1.95 bits per heavy atom. The van der Waals surface area contributed by atoms with Gasteiger partial charge < -0.3 is 14.7 Å². The molecule has 0 aromatic carbocycles. The van der Waals surface area contributed by atoms with Gasteiger partial charge in [0.15, 0.2) is 0 Å². The first-order valence-electron chi connectivity index (χ1n) is 6.01. The molecular weight excluding hydrogens is 274 g/mol. The highest BCUT2D eigenvalue weighted by atomic mass is 16.5. The van der Waals surface area contributed by atoms with E-state index in [2.05, 4.69) is 9.97 Å². The second kappa shape index (κ2) is 6.00. The number of nitrogens with zero attached hydrogens (tertiary/aromatic N) is 3. The summed E-state index contributed by atoms with van der Waals surface area (Å²) in [6, 6.07) is 4.40. The zero-order valence-corrected chi connectivity index (χ0v) is 11.5. The summed E-state index contributed by atoms with van der Waals surface area (Å²) in [6.45, 7) is 0. The fourth-order valence-electron chi connectivity index (χ4n) is 1.55. The topological polar surface area (TPSA) is 92.6 Å². The van der Waals surface area contributed by atoms with Crippen LogP contribution >= 0.6 is 0 Å². The highest BCUT2D eigenvalue weighted by molar-refractivity contribution is 5.92. The molecule has 0 radical (unpaired) electrons. The molecule has 0 spiro atoms. The summed E-state index contributed by atoms with van der Waals surface area (Å²) < 4.78 is 5.50. The molecule has 108 valence electrons. The lowest BCUT2D eigenvalue weighted by atomic mass is 10.3.